The maximum absolute atomic E-state index is 15.1. The highest BCUT2D eigenvalue weighted by atomic mass is 19.1. The average Bonchev–Trinajstić information content (AvgIpc) is 3.17. The Bertz CT molecular complexity index is 1450. The zero-order valence-electron chi connectivity index (χ0n) is 19.5. The highest BCUT2D eigenvalue weighted by Crippen LogP contribution is 2.32. The molecule has 0 unspecified atom stereocenters. The second kappa shape index (κ2) is 7.97. The van der Waals surface area contributed by atoms with E-state index in [0.29, 0.717) is 11.8 Å². The number of nitrogens with one attached hydrogen (secondary N) is 1. The molecule has 164 valence electrons. The minimum Gasteiger partial charge on any atom is -0.382 e. The van der Waals surface area contributed by atoms with Crippen molar-refractivity contribution in [1.29, 1.82) is 0 Å². The van der Waals surface area contributed by atoms with Crippen LogP contribution in [0.4, 0.5) is 24.7 Å². The van der Waals surface area contributed by atoms with Gasteiger partial charge in [-0.15, -0.1) is 0 Å². The van der Waals surface area contributed by atoms with E-state index in [1.165, 1.54) is 22.7 Å². The maximum Gasteiger partial charge on any atom is 0.257 e. The van der Waals surface area contributed by atoms with Crippen molar-refractivity contribution in [3.8, 4) is 11.3 Å². The Morgan fingerprint density at radius 1 is 1.22 bits per heavy atom. The monoisotopic (exact) mass is 444 g/mol. The zero-order chi connectivity index (χ0) is 25.7. The average molecular weight is 444 g/mol. The number of fused-ring (bicyclic) bond motifs is 1. The number of imidazole rings is 1. The van der Waals surface area contributed by atoms with Gasteiger partial charge in [0.25, 0.3) is 5.91 Å². The van der Waals surface area contributed by atoms with Crippen molar-refractivity contribution in [2.24, 2.45) is 0 Å². The van der Waals surface area contributed by atoms with Crippen LogP contribution in [-0.2, 0) is 4.79 Å². The SMILES string of the molecule is [2H]C([2H])([2H])c1nc(-c2ccc(NC(=O)[C@@H](O)c3cc(F)cc(F)c3)cc2F)c2c(N)ncc(C)n12. The van der Waals surface area contributed by atoms with E-state index in [0.717, 1.165) is 18.2 Å². The first-order chi connectivity index (χ1) is 16.4. The molecule has 0 saturated carbocycles. The summed E-state index contributed by atoms with van der Waals surface area (Å²) in [5, 5.41) is 12.4. The summed E-state index contributed by atoms with van der Waals surface area (Å²) >= 11 is 0. The van der Waals surface area contributed by atoms with Crippen LogP contribution in [0.25, 0.3) is 16.8 Å². The van der Waals surface area contributed by atoms with Gasteiger partial charge in [-0.05, 0) is 49.7 Å². The normalized spacial score (nSPS) is 14.0. The van der Waals surface area contributed by atoms with Crippen molar-refractivity contribution in [3.05, 3.63) is 77.1 Å². The van der Waals surface area contributed by atoms with Gasteiger partial charge < -0.3 is 16.2 Å². The van der Waals surface area contributed by atoms with Gasteiger partial charge in [-0.3, -0.25) is 9.20 Å². The van der Waals surface area contributed by atoms with Crippen molar-refractivity contribution >= 4 is 22.9 Å². The second-order valence-corrected chi connectivity index (χ2v) is 7.04. The fraction of sp³-hybridized carbons (Fsp3) is 0.136. The molecule has 0 saturated heterocycles. The van der Waals surface area contributed by atoms with Gasteiger partial charge in [-0.2, -0.15) is 0 Å². The summed E-state index contributed by atoms with van der Waals surface area (Å²) in [6.07, 6.45) is -0.552. The number of halogens is 3. The van der Waals surface area contributed by atoms with E-state index in [-0.39, 0.29) is 39.7 Å². The first-order valence-electron chi connectivity index (χ1n) is 10.8. The van der Waals surface area contributed by atoms with Crippen molar-refractivity contribution in [3.63, 3.8) is 0 Å². The third-order valence-corrected chi connectivity index (χ3v) is 4.80. The topological polar surface area (TPSA) is 106 Å². The lowest BCUT2D eigenvalue weighted by Gasteiger charge is -2.13. The van der Waals surface area contributed by atoms with Crippen LogP contribution >= 0.6 is 0 Å². The lowest BCUT2D eigenvalue weighted by molar-refractivity contribution is -0.124. The van der Waals surface area contributed by atoms with Crippen LogP contribution in [-0.4, -0.2) is 25.4 Å². The Hall–Kier alpha value is -3.92. The summed E-state index contributed by atoms with van der Waals surface area (Å²) in [5.74, 6) is -4.27. The number of hydrogen-bond donors (Lipinski definition) is 3. The van der Waals surface area contributed by atoms with E-state index in [1.54, 1.807) is 6.92 Å². The molecule has 2 aromatic carbocycles. The van der Waals surface area contributed by atoms with Gasteiger partial charge in [0.15, 0.2) is 6.10 Å². The van der Waals surface area contributed by atoms with Gasteiger partial charge >= 0.3 is 0 Å². The second-order valence-electron chi connectivity index (χ2n) is 7.04. The number of rotatable bonds is 4. The van der Waals surface area contributed by atoms with E-state index >= 15 is 4.39 Å². The molecule has 4 rings (SSSR count). The van der Waals surface area contributed by atoms with Crippen LogP contribution < -0.4 is 11.1 Å². The van der Waals surface area contributed by atoms with E-state index in [9.17, 15) is 18.7 Å². The minimum absolute atomic E-state index is 0.0594. The van der Waals surface area contributed by atoms with Crippen LogP contribution in [0.1, 0.15) is 27.3 Å². The molecule has 1 atom stereocenters. The molecule has 4 aromatic rings. The van der Waals surface area contributed by atoms with Gasteiger partial charge in [0.2, 0.25) is 0 Å². The maximum atomic E-state index is 15.1. The molecular weight excluding hydrogens is 423 g/mol. The molecule has 4 N–H and O–H groups in total. The third-order valence-electron chi connectivity index (χ3n) is 4.80. The van der Waals surface area contributed by atoms with E-state index < -0.39 is 36.3 Å². The Morgan fingerprint density at radius 2 is 1.94 bits per heavy atom. The first kappa shape index (κ1) is 17.7. The van der Waals surface area contributed by atoms with Crippen molar-refractivity contribution in [2.45, 2.75) is 19.9 Å². The number of nitrogens with two attached hydrogens (primary N) is 1. The van der Waals surface area contributed by atoms with Gasteiger partial charge in [0.05, 0.1) is 0 Å². The number of amides is 1. The number of aliphatic hydroxyl groups excluding tert-OH is 1. The van der Waals surface area contributed by atoms with Crippen LogP contribution in [0.5, 0.6) is 0 Å². The lowest BCUT2D eigenvalue weighted by atomic mass is 10.1. The fourth-order valence-corrected chi connectivity index (χ4v) is 3.35. The molecule has 0 aliphatic rings. The summed E-state index contributed by atoms with van der Waals surface area (Å²) in [4.78, 5) is 20.5. The van der Waals surface area contributed by atoms with Crippen LogP contribution in [0, 0.1) is 31.2 Å². The third kappa shape index (κ3) is 3.76. The minimum atomic E-state index is -2.63. The number of anilines is 2. The first-order valence-corrected chi connectivity index (χ1v) is 9.25. The van der Waals surface area contributed by atoms with Crippen LogP contribution in [0.2, 0.25) is 0 Å². The number of aryl methyl sites for hydroxylation is 2. The lowest BCUT2D eigenvalue weighted by Crippen LogP contribution is -2.21. The molecular formula is C22H18F3N5O2. The Kier molecular flexibility index (Phi) is 4.41. The summed E-state index contributed by atoms with van der Waals surface area (Å²) in [6, 6.07) is 5.63. The molecule has 0 spiro atoms. The zero-order valence-corrected chi connectivity index (χ0v) is 16.5. The van der Waals surface area contributed by atoms with Gasteiger partial charge in [-0.1, -0.05) is 0 Å². The summed E-state index contributed by atoms with van der Waals surface area (Å²) in [5.41, 5.74) is 5.92. The number of nitrogen functional groups attached to an aromatic ring is 1. The van der Waals surface area contributed by atoms with Crippen LogP contribution in [0.15, 0.2) is 42.6 Å². The molecule has 0 bridgehead atoms. The number of carbonyl (C=O) groups excluding carboxylic acids is 1. The highest BCUT2D eigenvalue weighted by molar-refractivity contribution is 5.95. The predicted molar refractivity (Wildman–Crippen MR) is 112 cm³/mol. The quantitative estimate of drug-likeness (QED) is 0.445. The molecule has 0 fully saturated rings. The molecule has 32 heavy (non-hydrogen) atoms. The van der Waals surface area contributed by atoms with Crippen molar-refractivity contribution in [2.75, 3.05) is 11.1 Å². The molecule has 0 aliphatic carbocycles. The van der Waals surface area contributed by atoms with E-state index in [1.807, 2.05) is 0 Å². The molecule has 2 heterocycles. The molecule has 0 radical (unpaired) electrons. The largest absolute Gasteiger partial charge is 0.382 e. The Balaban J connectivity index is 1.70. The number of aromatic nitrogens is 3. The summed E-state index contributed by atoms with van der Waals surface area (Å²) in [6.45, 7) is -1.03. The van der Waals surface area contributed by atoms with Gasteiger partial charge in [0.1, 0.15) is 40.3 Å². The molecule has 7 nitrogen and oxygen atoms in total. The van der Waals surface area contributed by atoms with Gasteiger partial charge in [0, 0.05) is 33.3 Å². The van der Waals surface area contributed by atoms with E-state index in [4.69, 9.17) is 9.85 Å². The number of benzene rings is 2. The fourth-order valence-electron chi connectivity index (χ4n) is 3.35. The van der Waals surface area contributed by atoms with Crippen molar-refractivity contribution < 1.29 is 27.2 Å². The number of aliphatic hydroxyl groups is 1. The predicted octanol–water partition coefficient (Wildman–Crippen LogP) is 3.68. The summed E-state index contributed by atoms with van der Waals surface area (Å²) < 4.78 is 66.5. The Labute approximate surface area is 184 Å². The highest BCUT2D eigenvalue weighted by Gasteiger charge is 2.21. The molecule has 2 aromatic heterocycles. The smallest absolute Gasteiger partial charge is 0.257 e. The Morgan fingerprint density at radius 3 is 2.59 bits per heavy atom. The number of carbonyl (C=O) groups is 1. The van der Waals surface area contributed by atoms with Gasteiger partial charge in [-0.25, -0.2) is 23.1 Å². The van der Waals surface area contributed by atoms with Crippen molar-refractivity contribution in [1.82, 2.24) is 14.4 Å². The number of nitrogens with zero attached hydrogens (tertiary/aromatic N) is 3. The number of hydrogen-bond acceptors (Lipinski definition) is 5. The summed E-state index contributed by atoms with van der Waals surface area (Å²) in [7, 11) is 0. The van der Waals surface area contributed by atoms with Crippen LogP contribution in [0.3, 0.4) is 0 Å². The standard InChI is InChI=1S/C22H18F3N5O2/c1-10-9-27-21(26)19-18(28-11(2)30(10)19)16-4-3-15(8-17(16)25)29-22(32)20(31)12-5-13(23)7-14(24)6-12/h3-9,20,31H,1-2H3,(H2,26,27)(H,29,32)/t20-/m0/s1/i2D3. The van der Waals surface area contributed by atoms with E-state index in [2.05, 4.69) is 15.3 Å². The molecule has 0 aliphatic heterocycles. The molecule has 10 heteroatoms. The molecule has 1 amide bonds.